The molecule has 5 nitrogen and oxygen atoms in total. The van der Waals surface area contributed by atoms with Crippen LogP contribution in [0, 0.1) is 0 Å². The van der Waals surface area contributed by atoms with Crippen molar-refractivity contribution in [3.63, 3.8) is 0 Å². The molecule has 23 heavy (non-hydrogen) atoms. The minimum absolute atomic E-state index is 0. The molecule has 2 N–H and O–H groups in total. The van der Waals surface area contributed by atoms with Crippen LogP contribution >= 0.6 is 35.6 Å². The summed E-state index contributed by atoms with van der Waals surface area (Å²) in [5.74, 6) is 0.831. The summed E-state index contributed by atoms with van der Waals surface area (Å²) >= 11 is 5.88. The fourth-order valence-corrected chi connectivity index (χ4v) is 1.95. The van der Waals surface area contributed by atoms with Gasteiger partial charge < -0.3 is 20.3 Å². The van der Waals surface area contributed by atoms with Crippen molar-refractivity contribution >= 4 is 41.5 Å². The van der Waals surface area contributed by atoms with E-state index in [4.69, 9.17) is 16.3 Å². The minimum Gasteiger partial charge on any atom is -0.383 e. The van der Waals surface area contributed by atoms with E-state index in [9.17, 15) is 0 Å². The molecule has 0 aliphatic heterocycles. The van der Waals surface area contributed by atoms with E-state index in [0.717, 1.165) is 49.3 Å². The van der Waals surface area contributed by atoms with E-state index in [0.29, 0.717) is 6.54 Å². The summed E-state index contributed by atoms with van der Waals surface area (Å²) in [6.45, 7) is 6.99. The Kier molecular flexibility index (Phi) is 13.5. The van der Waals surface area contributed by atoms with Gasteiger partial charge in [0.2, 0.25) is 0 Å². The first-order valence-electron chi connectivity index (χ1n) is 7.59. The van der Waals surface area contributed by atoms with Crippen LogP contribution in [0.15, 0.2) is 29.3 Å². The highest BCUT2D eigenvalue weighted by molar-refractivity contribution is 14.0. The molecule has 0 amide bonds. The molecule has 1 aromatic carbocycles. The Labute approximate surface area is 161 Å². The average Bonchev–Trinajstić information content (AvgIpc) is 2.52. The lowest BCUT2D eigenvalue weighted by Crippen LogP contribution is -2.41. The average molecular weight is 455 g/mol. The van der Waals surface area contributed by atoms with Crippen LogP contribution in [0.2, 0.25) is 5.02 Å². The first-order valence-corrected chi connectivity index (χ1v) is 7.97. The Morgan fingerprint density at radius 2 is 1.91 bits per heavy atom. The summed E-state index contributed by atoms with van der Waals surface area (Å²) in [5.41, 5.74) is 1.14. The van der Waals surface area contributed by atoms with Crippen molar-refractivity contribution in [2.75, 3.05) is 46.9 Å². The van der Waals surface area contributed by atoms with Gasteiger partial charge in [-0.2, -0.15) is 0 Å². The van der Waals surface area contributed by atoms with Gasteiger partial charge in [-0.3, -0.25) is 0 Å². The van der Waals surface area contributed by atoms with Gasteiger partial charge in [0.05, 0.1) is 13.2 Å². The predicted molar refractivity (Wildman–Crippen MR) is 109 cm³/mol. The van der Waals surface area contributed by atoms with E-state index in [2.05, 4.69) is 34.5 Å². The number of hydrogen-bond donors (Lipinski definition) is 2. The van der Waals surface area contributed by atoms with Crippen molar-refractivity contribution in [2.45, 2.75) is 13.5 Å². The number of likely N-dealkylation sites (N-methyl/N-ethyl adjacent to an activating group) is 1. The zero-order chi connectivity index (χ0) is 16.2. The van der Waals surface area contributed by atoms with Crippen LogP contribution in [-0.4, -0.2) is 57.8 Å². The van der Waals surface area contributed by atoms with Crippen molar-refractivity contribution < 1.29 is 4.74 Å². The fourth-order valence-electron chi connectivity index (χ4n) is 1.83. The topological polar surface area (TPSA) is 48.9 Å². The number of rotatable bonds is 9. The van der Waals surface area contributed by atoms with E-state index in [1.165, 1.54) is 0 Å². The number of nitrogens with one attached hydrogen (secondary N) is 2. The van der Waals surface area contributed by atoms with E-state index in [1.54, 1.807) is 7.11 Å². The summed E-state index contributed by atoms with van der Waals surface area (Å²) in [4.78, 5) is 6.80. The largest absolute Gasteiger partial charge is 0.383 e. The van der Waals surface area contributed by atoms with Gasteiger partial charge >= 0.3 is 0 Å². The van der Waals surface area contributed by atoms with Gasteiger partial charge in [-0.25, -0.2) is 4.99 Å². The first kappa shape index (κ1) is 22.4. The SMILES string of the molecule is CCNC(=NCc1ccc(Cl)cc1)NCCN(C)CCOC.I. The predicted octanol–water partition coefficient (Wildman–Crippen LogP) is 2.59. The maximum Gasteiger partial charge on any atom is 0.191 e. The Morgan fingerprint density at radius 3 is 2.52 bits per heavy atom. The number of nitrogens with zero attached hydrogens (tertiary/aromatic N) is 2. The monoisotopic (exact) mass is 454 g/mol. The molecule has 7 heteroatoms. The second-order valence-corrected chi connectivity index (χ2v) is 5.48. The lowest BCUT2D eigenvalue weighted by molar-refractivity contribution is 0.162. The van der Waals surface area contributed by atoms with Crippen molar-refractivity contribution in [1.82, 2.24) is 15.5 Å². The zero-order valence-corrected chi connectivity index (χ0v) is 17.2. The Hall–Kier alpha value is -0.570. The van der Waals surface area contributed by atoms with E-state index >= 15 is 0 Å². The van der Waals surface area contributed by atoms with Gasteiger partial charge in [-0.05, 0) is 31.7 Å². The summed E-state index contributed by atoms with van der Waals surface area (Å²) in [6, 6.07) is 7.76. The minimum atomic E-state index is 0. The quantitative estimate of drug-likeness (QED) is 0.342. The third-order valence-corrected chi connectivity index (χ3v) is 3.39. The van der Waals surface area contributed by atoms with E-state index in [-0.39, 0.29) is 24.0 Å². The number of methoxy groups -OCH3 is 1. The van der Waals surface area contributed by atoms with Crippen LogP contribution in [0.4, 0.5) is 0 Å². The van der Waals surface area contributed by atoms with Gasteiger partial charge in [0, 0.05) is 38.3 Å². The van der Waals surface area contributed by atoms with Crippen LogP contribution in [0.5, 0.6) is 0 Å². The smallest absolute Gasteiger partial charge is 0.191 e. The number of hydrogen-bond acceptors (Lipinski definition) is 3. The van der Waals surface area contributed by atoms with E-state index < -0.39 is 0 Å². The van der Waals surface area contributed by atoms with Crippen LogP contribution in [-0.2, 0) is 11.3 Å². The molecule has 0 heterocycles. The zero-order valence-electron chi connectivity index (χ0n) is 14.1. The summed E-state index contributed by atoms with van der Waals surface area (Å²) < 4.78 is 5.07. The second-order valence-electron chi connectivity index (χ2n) is 5.04. The molecule has 0 radical (unpaired) electrons. The van der Waals surface area contributed by atoms with Crippen molar-refractivity contribution in [1.29, 1.82) is 0 Å². The van der Waals surface area contributed by atoms with Crippen molar-refractivity contribution in [2.24, 2.45) is 4.99 Å². The molecule has 0 spiro atoms. The standard InChI is InChI=1S/C16H27ClN4O.HI/c1-4-18-16(19-9-10-21(2)11-12-22-3)20-13-14-5-7-15(17)8-6-14;/h5-8H,4,9-13H2,1-3H3,(H2,18,19,20);1H. The maximum atomic E-state index is 5.88. The molecule has 0 fully saturated rings. The molecule has 0 bridgehead atoms. The lowest BCUT2D eigenvalue weighted by Gasteiger charge is -2.17. The highest BCUT2D eigenvalue weighted by Crippen LogP contribution is 2.09. The lowest BCUT2D eigenvalue weighted by atomic mass is 10.2. The van der Waals surface area contributed by atoms with Crippen LogP contribution in [0.1, 0.15) is 12.5 Å². The number of halogens is 2. The van der Waals surface area contributed by atoms with Gasteiger partial charge in [-0.1, -0.05) is 23.7 Å². The Morgan fingerprint density at radius 1 is 1.22 bits per heavy atom. The maximum absolute atomic E-state index is 5.88. The number of ether oxygens (including phenoxy) is 1. The second kappa shape index (κ2) is 13.8. The van der Waals surface area contributed by atoms with Crippen LogP contribution in [0.25, 0.3) is 0 Å². The molecule has 0 aromatic heterocycles. The van der Waals surface area contributed by atoms with Crippen LogP contribution < -0.4 is 10.6 Å². The highest BCUT2D eigenvalue weighted by atomic mass is 127. The van der Waals surface area contributed by atoms with Gasteiger partial charge in [0.25, 0.3) is 0 Å². The Bertz CT molecular complexity index is 442. The molecule has 0 aliphatic rings. The Balaban J connectivity index is 0.00000484. The molecule has 0 saturated heterocycles. The van der Waals surface area contributed by atoms with Crippen molar-refractivity contribution in [3.8, 4) is 0 Å². The summed E-state index contributed by atoms with van der Waals surface area (Å²) in [6.07, 6.45) is 0. The molecule has 0 unspecified atom stereocenters. The van der Waals surface area contributed by atoms with Crippen LogP contribution in [0.3, 0.4) is 0 Å². The number of aliphatic imine (C=N–C) groups is 1. The van der Waals surface area contributed by atoms with Gasteiger partial charge in [0.15, 0.2) is 5.96 Å². The molecule has 0 saturated carbocycles. The van der Waals surface area contributed by atoms with Gasteiger partial charge in [-0.15, -0.1) is 24.0 Å². The third-order valence-electron chi connectivity index (χ3n) is 3.14. The number of guanidine groups is 1. The molecule has 1 aromatic rings. The molecule has 1 rings (SSSR count). The van der Waals surface area contributed by atoms with Crippen molar-refractivity contribution in [3.05, 3.63) is 34.9 Å². The van der Waals surface area contributed by atoms with Gasteiger partial charge in [0.1, 0.15) is 0 Å². The van der Waals surface area contributed by atoms with E-state index in [1.807, 2.05) is 24.3 Å². The summed E-state index contributed by atoms with van der Waals surface area (Å²) in [7, 11) is 3.80. The summed E-state index contributed by atoms with van der Waals surface area (Å²) in [5, 5.41) is 7.34. The highest BCUT2D eigenvalue weighted by Gasteiger charge is 2.00. The molecular weight excluding hydrogens is 427 g/mol. The normalized spacial score (nSPS) is 11.3. The molecular formula is C16H28ClIN4O. The molecule has 0 atom stereocenters. The fraction of sp³-hybridized carbons (Fsp3) is 0.562. The third kappa shape index (κ3) is 10.8. The first-order chi connectivity index (χ1) is 10.7. The number of benzene rings is 1. The molecule has 0 aliphatic carbocycles. The molecule has 132 valence electrons.